The Morgan fingerprint density at radius 1 is 1.09 bits per heavy atom. The van der Waals surface area contributed by atoms with Crippen LogP contribution in [0.2, 0.25) is 0 Å². The van der Waals surface area contributed by atoms with E-state index >= 15 is 0 Å². The fraction of sp³-hybridized carbons (Fsp3) is 0.136. The minimum atomic E-state index is -5.39. The van der Waals surface area contributed by atoms with E-state index in [4.69, 9.17) is 9.57 Å². The third-order valence-corrected chi connectivity index (χ3v) is 4.28. The summed E-state index contributed by atoms with van der Waals surface area (Å²) >= 11 is 0. The molecule has 0 saturated heterocycles. The Bertz CT molecular complexity index is 1230. The zero-order valence-corrected chi connectivity index (χ0v) is 16.5. The lowest BCUT2D eigenvalue weighted by atomic mass is 10.1. The van der Waals surface area contributed by atoms with Crippen LogP contribution >= 0.6 is 0 Å². The normalized spacial score (nSPS) is 11.9. The number of fused-ring (bicyclic) bond motifs is 1. The Kier molecular flexibility index (Phi) is 6.62. The molecule has 3 rings (SSSR count). The number of carbonyl (C=O) groups is 2. The van der Waals surface area contributed by atoms with Crippen LogP contribution in [0.4, 0.5) is 13.2 Å². The first-order chi connectivity index (χ1) is 15.2. The molecular weight excluding hydrogens is 429 g/mol. The number of hydrogen-bond donors (Lipinski definition) is 0. The molecule has 0 saturated carbocycles. The summed E-state index contributed by atoms with van der Waals surface area (Å²) in [5.41, 5.74) is -1.07. The van der Waals surface area contributed by atoms with Gasteiger partial charge in [-0.15, -0.1) is 0 Å². The summed E-state index contributed by atoms with van der Waals surface area (Å²) in [6, 6.07) is 13.8. The van der Waals surface area contributed by atoms with Gasteiger partial charge < -0.3 is 19.5 Å². The van der Waals surface area contributed by atoms with Crippen LogP contribution in [0.3, 0.4) is 0 Å². The SMILES string of the molecule is C=CCOc1cccc2c(C(=O)[O-])n(C(=O)C(F)(F)F)c(=NOCc3ccccc3)cc12. The highest BCUT2D eigenvalue weighted by Gasteiger charge is 2.41. The molecule has 0 spiro atoms. The van der Waals surface area contributed by atoms with Gasteiger partial charge in [0.25, 0.3) is 0 Å². The largest absolute Gasteiger partial charge is 0.543 e. The van der Waals surface area contributed by atoms with Gasteiger partial charge in [-0.1, -0.05) is 60.3 Å². The molecule has 0 bridgehead atoms. The first kappa shape index (κ1) is 22.6. The van der Waals surface area contributed by atoms with E-state index in [-0.39, 0.29) is 34.3 Å². The van der Waals surface area contributed by atoms with E-state index < -0.39 is 29.2 Å². The summed E-state index contributed by atoms with van der Waals surface area (Å²) in [6.07, 6.45) is -3.95. The van der Waals surface area contributed by atoms with E-state index in [1.54, 1.807) is 30.3 Å². The van der Waals surface area contributed by atoms with Crippen LogP contribution in [0.1, 0.15) is 20.8 Å². The number of aromatic carboxylic acids is 1. The molecule has 7 nitrogen and oxygen atoms in total. The molecule has 0 N–H and O–H groups in total. The molecule has 0 aliphatic rings. The smallest absolute Gasteiger partial charge is 0.472 e. The molecule has 1 heterocycles. The Morgan fingerprint density at radius 3 is 2.44 bits per heavy atom. The van der Waals surface area contributed by atoms with Gasteiger partial charge in [0.05, 0.1) is 11.7 Å². The first-order valence-electron chi connectivity index (χ1n) is 9.19. The number of carboxylic acids is 1. The molecule has 0 radical (unpaired) electrons. The van der Waals surface area contributed by atoms with Gasteiger partial charge in [0.1, 0.15) is 19.0 Å². The Labute approximate surface area is 179 Å². The highest BCUT2D eigenvalue weighted by molar-refractivity contribution is 6.06. The van der Waals surface area contributed by atoms with Crippen molar-refractivity contribution in [2.24, 2.45) is 5.16 Å². The number of rotatable bonds is 7. The molecule has 2 aromatic carbocycles. The average molecular weight is 445 g/mol. The number of hydrogen-bond acceptors (Lipinski definition) is 6. The van der Waals surface area contributed by atoms with Crippen molar-refractivity contribution in [3.63, 3.8) is 0 Å². The Hall–Kier alpha value is -4.08. The second-order valence-electron chi connectivity index (χ2n) is 6.44. The van der Waals surface area contributed by atoms with E-state index in [1.165, 1.54) is 24.3 Å². The molecule has 32 heavy (non-hydrogen) atoms. The van der Waals surface area contributed by atoms with Crippen molar-refractivity contribution in [1.82, 2.24) is 4.57 Å². The van der Waals surface area contributed by atoms with Crippen molar-refractivity contribution in [1.29, 1.82) is 0 Å². The standard InChI is InChI=1S/C22H17F3N2O5/c1-2-11-31-17-10-6-9-15-16(17)12-18(26-32-13-14-7-4-3-5-8-14)27(19(15)20(28)29)21(30)22(23,24)25/h2-10,12H,1,11,13H2,(H,28,29)/p-1. The quantitative estimate of drug-likeness (QED) is 0.412. The molecule has 1 aromatic heterocycles. The molecule has 0 amide bonds. The van der Waals surface area contributed by atoms with Crippen LogP contribution < -0.4 is 15.3 Å². The minimum absolute atomic E-state index is 0.0487. The van der Waals surface area contributed by atoms with Gasteiger partial charge in [-0.25, -0.2) is 0 Å². The summed E-state index contributed by atoms with van der Waals surface area (Å²) < 4.78 is 45.3. The van der Waals surface area contributed by atoms with Crippen molar-refractivity contribution in [2.75, 3.05) is 6.61 Å². The third-order valence-electron chi connectivity index (χ3n) is 4.28. The maximum Gasteiger partial charge on any atom is 0.472 e. The summed E-state index contributed by atoms with van der Waals surface area (Å²) in [5.74, 6) is -4.32. The van der Waals surface area contributed by atoms with Crippen molar-refractivity contribution < 1.29 is 37.4 Å². The number of pyridine rings is 1. The van der Waals surface area contributed by atoms with Gasteiger partial charge in [0.2, 0.25) is 0 Å². The zero-order chi connectivity index (χ0) is 23.3. The maximum absolute atomic E-state index is 13.3. The van der Waals surface area contributed by atoms with Gasteiger partial charge in [-0.2, -0.15) is 13.2 Å². The average Bonchev–Trinajstić information content (AvgIpc) is 2.76. The summed E-state index contributed by atoms with van der Waals surface area (Å²) in [5, 5.41) is 15.4. The number of nitrogens with zero attached hydrogens (tertiary/aromatic N) is 2. The number of alkyl halides is 3. The van der Waals surface area contributed by atoms with Gasteiger partial charge in [-0.3, -0.25) is 9.36 Å². The molecule has 0 aliphatic heterocycles. The van der Waals surface area contributed by atoms with Crippen LogP contribution in [0.15, 0.2) is 72.4 Å². The van der Waals surface area contributed by atoms with Gasteiger partial charge in [0, 0.05) is 10.8 Å². The molecule has 0 fully saturated rings. The third kappa shape index (κ3) is 4.80. The van der Waals surface area contributed by atoms with Crippen LogP contribution in [0, 0.1) is 0 Å². The van der Waals surface area contributed by atoms with E-state index in [9.17, 15) is 27.9 Å². The van der Waals surface area contributed by atoms with Crippen molar-refractivity contribution in [2.45, 2.75) is 12.8 Å². The highest BCUT2D eigenvalue weighted by atomic mass is 19.4. The molecule has 3 aromatic rings. The van der Waals surface area contributed by atoms with Crippen LogP contribution in [-0.4, -0.2) is 29.2 Å². The van der Waals surface area contributed by atoms with E-state index in [2.05, 4.69) is 11.7 Å². The molecular formula is C22H16F3N2O5-. The van der Waals surface area contributed by atoms with Crippen LogP contribution in [0.5, 0.6) is 5.75 Å². The molecule has 0 aliphatic carbocycles. The van der Waals surface area contributed by atoms with Gasteiger partial charge in [0.15, 0.2) is 5.49 Å². The second kappa shape index (κ2) is 9.38. The molecule has 10 heteroatoms. The monoisotopic (exact) mass is 445 g/mol. The van der Waals surface area contributed by atoms with Crippen molar-refractivity contribution in [3.05, 3.63) is 84.0 Å². The predicted molar refractivity (Wildman–Crippen MR) is 105 cm³/mol. The molecule has 166 valence electrons. The number of benzene rings is 2. The second-order valence-corrected chi connectivity index (χ2v) is 6.44. The topological polar surface area (TPSA) is 93.0 Å². The fourth-order valence-electron chi connectivity index (χ4n) is 2.95. The predicted octanol–water partition coefficient (Wildman–Crippen LogP) is 2.80. The lowest BCUT2D eigenvalue weighted by molar-refractivity contribution is -0.255. The van der Waals surface area contributed by atoms with Gasteiger partial charge >= 0.3 is 12.1 Å². The Morgan fingerprint density at radius 2 is 1.81 bits per heavy atom. The van der Waals surface area contributed by atoms with Crippen LogP contribution in [0.25, 0.3) is 10.8 Å². The van der Waals surface area contributed by atoms with E-state index in [0.717, 1.165) is 6.07 Å². The van der Waals surface area contributed by atoms with Crippen LogP contribution in [-0.2, 0) is 11.4 Å². The summed E-state index contributed by atoms with van der Waals surface area (Å²) in [6.45, 7) is 3.43. The van der Waals surface area contributed by atoms with E-state index in [1.807, 2.05) is 0 Å². The lowest BCUT2D eigenvalue weighted by Gasteiger charge is -2.19. The number of carbonyl (C=O) groups excluding carboxylic acids is 2. The fourth-order valence-corrected chi connectivity index (χ4v) is 2.95. The van der Waals surface area contributed by atoms with E-state index in [0.29, 0.717) is 5.56 Å². The minimum Gasteiger partial charge on any atom is -0.543 e. The maximum atomic E-state index is 13.3. The first-order valence-corrected chi connectivity index (χ1v) is 9.19. The summed E-state index contributed by atoms with van der Waals surface area (Å²) in [4.78, 5) is 29.1. The number of ether oxygens (including phenoxy) is 1. The molecule has 0 unspecified atom stereocenters. The van der Waals surface area contributed by atoms with Crippen molar-refractivity contribution in [3.8, 4) is 5.75 Å². The Balaban J connectivity index is 2.27. The number of halogens is 3. The number of carboxylic acid groups (broad SMARTS) is 1. The summed E-state index contributed by atoms with van der Waals surface area (Å²) in [7, 11) is 0. The van der Waals surface area contributed by atoms with Gasteiger partial charge in [-0.05, 0) is 17.7 Å². The molecule has 0 atom stereocenters. The highest BCUT2D eigenvalue weighted by Crippen LogP contribution is 2.28. The lowest BCUT2D eigenvalue weighted by Crippen LogP contribution is -2.42. The zero-order valence-electron chi connectivity index (χ0n) is 16.5. The van der Waals surface area contributed by atoms with Crippen molar-refractivity contribution >= 4 is 22.6 Å². The number of aromatic nitrogens is 1.